The molecule has 0 atom stereocenters. The predicted octanol–water partition coefficient (Wildman–Crippen LogP) is 1.81. The molecule has 2 aromatic carbocycles. The summed E-state index contributed by atoms with van der Waals surface area (Å²) in [5.74, 6) is -0.462. The van der Waals surface area contributed by atoms with Crippen LogP contribution in [0, 0.1) is 22.7 Å². The number of sulfone groups is 1. The molecule has 0 fully saturated rings. The number of hydrogen-bond donors (Lipinski definition) is 0. The fourth-order valence-electron chi connectivity index (χ4n) is 2.28. The van der Waals surface area contributed by atoms with Gasteiger partial charge in [-0.25, -0.2) is 8.42 Å². The molecular formula is C15H6N2O3S. The van der Waals surface area contributed by atoms with Gasteiger partial charge in [0.25, 0.3) is 0 Å². The Labute approximate surface area is 120 Å². The van der Waals surface area contributed by atoms with Crippen LogP contribution in [0.25, 0.3) is 0 Å². The molecule has 0 saturated heterocycles. The summed E-state index contributed by atoms with van der Waals surface area (Å²) in [6.07, 6.45) is 0. The number of nitriles is 2. The number of hydrogen-bond acceptors (Lipinski definition) is 5. The van der Waals surface area contributed by atoms with Crippen molar-refractivity contribution in [2.45, 2.75) is 9.79 Å². The molecule has 1 aliphatic heterocycles. The Morgan fingerprint density at radius 3 is 2.10 bits per heavy atom. The molecule has 0 radical (unpaired) electrons. The predicted molar refractivity (Wildman–Crippen MR) is 71.2 cm³/mol. The smallest absolute Gasteiger partial charge is 0.208 e. The molecule has 3 rings (SSSR count). The summed E-state index contributed by atoms with van der Waals surface area (Å²) in [5.41, 5.74) is 0.402. The second-order valence-corrected chi connectivity index (χ2v) is 6.36. The van der Waals surface area contributed by atoms with E-state index in [2.05, 4.69) is 0 Å². The highest BCUT2D eigenvalue weighted by Gasteiger charge is 2.35. The average molecular weight is 294 g/mol. The van der Waals surface area contributed by atoms with Gasteiger partial charge in [-0.3, -0.25) is 4.79 Å². The minimum atomic E-state index is -3.87. The summed E-state index contributed by atoms with van der Waals surface area (Å²) >= 11 is 0. The molecule has 0 spiro atoms. The lowest BCUT2D eigenvalue weighted by molar-refractivity contribution is 0.103. The Bertz CT molecular complexity index is 993. The molecule has 2 aromatic rings. The number of nitrogens with zero attached hydrogens (tertiary/aromatic N) is 2. The van der Waals surface area contributed by atoms with Gasteiger partial charge in [-0.05, 0) is 36.4 Å². The molecule has 21 heavy (non-hydrogen) atoms. The van der Waals surface area contributed by atoms with Crippen molar-refractivity contribution in [3.05, 3.63) is 58.7 Å². The van der Waals surface area contributed by atoms with Gasteiger partial charge in [-0.1, -0.05) is 0 Å². The average Bonchev–Trinajstić information content (AvgIpc) is 2.52. The maximum absolute atomic E-state index is 12.6. The van der Waals surface area contributed by atoms with Crippen molar-refractivity contribution in [3.63, 3.8) is 0 Å². The van der Waals surface area contributed by atoms with E-state index in [-0.39, 0.29) is 32.0 Å². The number of fused-ring (bicyclic) bond motifs is 2. The van der Waals surface area contributed by atoms with E-state index < -0.39 is 15.6 Å². The Kier molecular flexibility index (Phi) is 2.65. The third-order valence-corrected chi connectivity index (χ3v) is 5.14. The van der Waals surface area contributed by atoms with E-state index in [1.807, 2.05) is 12.1 Å². The third kappa shape index (κ3) is 1.74. The van der Waals surface area contributed by atoms with Gasteiger partial charge < -0.3 is 0 Å². The highest BCUT2D eigenvalue weighted by molar-refractivity contribution is 7.91. The number of carbonyl (C=O) groups excluding carboxylic acids is 1. The Morgan fingerprint density at radius 2 is 1.43 bits per heavy atom. The van der Waals surface area contributed by atoms with Crippen molar-refractivity contribution >= 4 is 15.6 Å². The van der Waals surface area contributed by atoms with E-state index in [0.717, 1.165) is 0 Å². The molecule has 0 unspecified atom stereocenters. The van der Waals surface area contributed by atoms with Crippen molar-refractivity contribution in [1.82, 2.24) is 0 Å². The fourth-order valence-corrected chi connectivity index (χ4v) is 3.93. The first-order valence-corrected chi connectivity index (χ1v) is 7.35. The van der Waals surface area contributed by atoms with Crippen LogP contribution in [0.15, 0.2) is 46.2 Å². The van der Waals surface area contributed by atoms with Crippen LogP contribution in [0.2, 0.25) is 0 Å². The molecule has 1 aliphatic rings. The van der Waals surface area contributed by atoms with Gasteiger partial charge in [0, 0.05) is 11.1 Å². The van der Waals surface area contributed by atoms with Gasteiger partial charge in [-0.2, -0.15) is 10.5 Å². The van der Waals surface area contributed by atoms with Gasteiger partial charge in [-0.15, -0.1) is 0 Å². The number of rotatable bonds is 0. The summed E-state index contributed by atoms with van der Waals surface area (Å²) in [6.45, 7) is 0. The van der Waals surface area contributed by atoms with E-state index >= 15 is 0 Å². The molecular weight excluding hydrogens is 288 g/mol. The topological polar surface area (TPSA) is 98.8 Å². The molecule has 0 amide bonds. The zero-order valence-corrected chi connectivity index (χ0v) is 11.3. The van der Waals surface area contributed by atoms with Crippen molar-refractivity contribution < 1.29 is 13.2 Å². The van der Waals surface area contributed by atoms with E-state index in [4.69, 9.17) is 10.5 Å². The summed E-state index contributed by atoms with van der Waals surface area (Å²) < 4.78 is 25.1. The van der Waals surface area contributed by atoms with Crippen LogP contribution in [-0.2, 0) is 9.84 Å². The number of ketones is 1. The van der Waals surface area contributed by atoms with Gasteiger partial charge in [0.05, 0.1) is 33.1 Å². The molecule has 0 aromatic heterocycles. The largest absolute Gasteiger partial charge is 0.289 e. The van der Waals surface area contributed by atoms with Gasteiger partial charge >= 0.3 is 0 Å². The van der Waals surface area contributed by atoms with Gasteiger partial charge in [0.2, 0.25) is 9.84 Å². The Hall–Kier alpha value is -2.96. The van der Waals surface area contributed by atoms with Crippen molar-refractivity contribution in [2.75, 3.05) is 0 Å². The van der Waals surface area contributed by atoms with Crippen LogP contribution in [0.4, 0.5) is 0 Å². The summed E-state index contributed by atoms with van der Waals surface area (Å²) in [7, 11) is -3.87. The van der Waals surface area contributed by atoms with E-state index in [0.29, 0.717) is 0 Å². The van der Waals surface area contributed by atoms with Crippen LogP contribution in [0.1, 0.15) is 27.0 Å². The van der Waals surface area contributed by atoms with Crippen molar-refractivity contribution in [2.24, 2.45) is 0 Å². The summed E-state index contributed by atoms with van der Waals surface area (Å²) in [4.78, 5) is 12.1. The first kappa shape index (κ1) is 13.0. The SMILES string of the molecule is N#Cc1ccc2c(c1)C(=O)c1ccc(C#N)cc1S2(=O)=O. The standard InChI is InChI=1S/C15H6N2O3S/c16-7-9-2-4-13-12(5-9)15(18)11-3-1-10(8-17)6-14(11)21(13,19)20/h1-6H. The highest BCUT2D eigenvalue weighted by atomic mass is 32.2. The Balaban J connectivity index is 2.39. The summed E-state index contributed by atoms with van der Waals surface area (Å²) in [6, 6.07) is 11.5. The molecule has 100 valence electrons. The molecule has 6 heteroatoms. The van der Waals surface area contributed by atoms with Crippen LogP contribution >= 0.6 is 0 Å². The first-order chi connectivity index (χ1) is 9.98. The first-order valence-electron chi connectivity index (χ1n) is 5.87. The molecule has 0 bridgehead atoms. The van der Waals surface area contributed by atoms with Gasteiger partial charge in [0.15, 0.2) is 5.78 Å². The molecule has 1 heterocycles. The third-order valence-electron chi connectivity index (χ3n) is 3.29. The number of carbonyl (C=O) groups is 1. The van der Waals surface area contributed by atoms with Gasteiger partial charge in [0.1, 0.15) is 0 Å². The van der Waals surface area contributed by atoms with Crippen LogP contribution in [0.5, 0.6) is 0 Å². The van der Waals surface area contributed by atoms with Crippen LogP contribution in [-0.4, -0.2) is 14.2 Å². The quantitative estimate of drug-likeness (QED) is 0.629. The zero-order valence-electron chi connectivity index (χ0n) is 10.5. The molecule has 0 aliphatic carbocycles. The zero-order chi connectivity index (χ0) is 15.2. The maximum atomic E-state index is 12.6. The molecule has 0 saturated carbocycles. The van der Waals surface area contributed by atoms with Crippen molar-refractivity contribution in [1.29, 1.82) is 10.5 Å². The Morgan fingerprint density at radius 1 is 0.810 bits per heavy atom. The van der Waals surface area contributed by atoms with Crippen LogP contribution < -0.4 is 0 Å². The maximum Gasteiger partial charge on any atom is 0.208 e. The normalized spacial score (nSPS) is 14.5. The minimum absolute atomic E-state index is 0.00809. The number of benzene rings is 2. The lowest BCUT2D eigenvalue weighted by Crippen LogP contribution is -2.20. The molecule has 0 N–H and O–H groups in total. The lowest BCUT2D eigenvalue weighted by atomic mass is 10.00. The highest BCUT2D eigenvalue weighted by Crippen LogP contribution is 2.35. The fraction of sp³-hybridized carbons (Fsp3) is 0. The second-order valence-electron chi connectivity index (χ2n) is 4.48. The molecule has 5 nitrogen and oxygen atoms in total. The minimum Gasteiger partial charge on any atom is -0.289 e. The monoisotopic (exact) mass is 294 g/mol. The van der Waals surface area contributed by atoms with Crippen LogP contribution in [0.3, 0.4) is 0 Å². The van der Waals surface area contributed by atoms with E-state index in [1.54, 1.807) is 0 Å². The lowest BCUT2D eigenvalue weighted by Gasteiger charge is -2.18. The second kappa shape index (κ2) is 4.27. The van der Waals surface area contributed by atoms with E-state index in [1.165, 1.54) is 36.4 Å². The summed E-state index contributed by atoms with van der Waals surface area (Å²) in [5, 5.41) is 17.7. The van der Waals surface area contributed by atoms with Crippen molar-refractivity contribution in [3.8, 4) is 12.1 Å². The van der Waals surface area contributed by atoms with E-state index in [9.17, 15) is 13.2 Å².